The highest BCUT2D eigenvalue weighted by Gasteiger charge is 2.12. The molecule has 0 aromatic heterocycles. The molecule has 1 atom stereocenters. The molecule has 4 heteroatoms. The Morgan fingerprint density at radius 3 is 3.00 bits per heavy atom. The lowest BCUT2D eigenvalue weighted by molar-refractivity contribution is -0.132. The lowest BCUT2D eigenvalue weighted by atomic mass is 10.1. The molecule has 0 spiro atoms. The van der Waals surface area contributed by atoms with Gasteiger partial charge >= 0.3 is 5.97 Å². The summed E-state index contributed by atoms with van der Waals surface area (Å²) in [4.78, 5) is 10.7. The van der Waals surface area contributed by atoms with Crippen molar-refractivity contribution < 1.29 is 9.90 Å². The third kappa shape index (κ3) is 4.71. The number of hydrogen-bond donors (Lipinski definition) is 2. The lowest BCUT2D eigenvalue weighted by Gasteiger charge is -2.21. The van der Waals surface area contributed by atoms with Crippen LogP contribution in [0, 0.1) is 0 Å². The van der Waals surface area contributed by atoms with Gasteiger partial charge in [0, 0.05) is 23.9 Å². The standard InChI is InChI=1S/C11H19NO2S/c1-2-9(11(13)14)5-6-12-10-4-3-7-15-8-10/h5,10,12H,2-4,6-8H2,1H3,(H,13,14). The van der Waals surface area contributed by atoms with Gasteiger partial charge in [0.1, 0.15) is 0 Å². The molecule has 2 N–H and O–H groups in total. The highest BCUT2D eigenvalue weighted by atomic mass is 32.2. The van der Waals surface area contributed by atoms with Crippen LogP contribution >= 0.6 is 11.8 Å². The fourth-order valence-corrected chi connectivity index (χ4v) is 2.74. The Kier molecular flexibility index (Phi) is 5.79. The molecule has 0 amide bonds. The van der Waals surface area contributed by atoms with E-state index in [1.165, 1.54) is 18.6 Å². The van der Waals surface area contributed by atoms with Crippen molar-refractivity contribution in [1.82, 2.24) is 5.32 Å². The van der Waals surface area contributed by atoms with Gasteiger partial charge in [0.2, 0.25) is 0 Å². The van der Waals surface area contributed by atoms with Gasteiger partial charge in [0.15, 0.2) is 0 Å². The third-order valence-electron chi connectivity index (χ3n) is 2.57. The van der Waals surface area contributed by atoms with Crippen molar-refractivity contribution in [3.8, 4) is 0 Å². The van der Waals surface area contributed by atoms with Crippen LogP contribution in [0.1, 0.15) is 26.2 Å². The molecule has 1 aliphatic rings. The minimum Gasteiger partial charge on any atom is -0.478 e. The summed E-state index contributed by atoms with van der Waals surface area (Å²) in [6.07, 6.45) is 4.87. The van der Waals surface area contributed by atoms with E-state index in [9.17, 15) is 4.79 Å². The second-order valence-corrected chi connectivity index (χ2v) is 4.86. The van der Waals surface area contributed by atoms with Crippen LogP contribution in [-0.4, -0.2) is 35.2 Å². The van der Waals surface area contributed by atoms with Crippen LogP contribution in [0.5, 0.6) is 0 Å². The van der Waals surface area contributed by atoms with Gasteiger partial charge in [-0.2, -0.15) is 11.8 Å². The Hall–Kier alpha value is -0.480. The van der Waals surface area contributed by atoms with Gasteiger partial charge in [-0.3, -0.25) is 0 Å². The summed E-state index contributed by atoms with van der Waals surface area (Å²) in [6.45, 7) is 2.55. The maximum absolute atomic E-state index is 10.7. The molecular formula is C11H19NO2S. The molecule has 0 aliphatic carbocycles. The van der Waals surface area contributed by atoms with Crippen LogP contribution in [-0.2, 0) is 4.79 Å². The van der Waals surface area contributed by atoms with Gasteiger partial charge in [-0.25, -0.2) is 4.79 Å². The normalized spacial score (nSPS) is 22.7. The minimum atomic E-state index is -0.794. The first-order valence-corrected chi connectivity index (χ1v) is 6.63. The van der Waals surface area contributed by atoms with Crippen molar-refractivity contribution >= 4 is 17.7 Å². The Morgan fingerprint density at radius 2 is 2.47 bits per heavy atom. The monoisotopic (exact) mass is 229 g/mol. The summed E-state index contributed by atoms with van der Waals surface area (Å²) in [5.74, 6) is 1.63. The van der Waals surface area contributed by atoms with E-state index in [1.54, 1.807) is 6.08 Å². The van der Waals surface area contributed by atoms with Crippen molar-refractivity contribution in [1.29, 1.82) is 0 Å². The number of nitrogens with one attached hydrogen (secondary N) is 1. The molecule has 86 valence electrons. The van der Waals surface area contributed by atoms with Crippen molar-refractivity contribution in [3.05, 3.63) is 11.6 Å². The fraction of sp³-hybridized carbons (Fsp3) is 0.727. The van der Waals surface area contributed by atoms with Gasteiger partial charge in [0.05, 0.1) is 0 Å². The Bertz CT molecular complexity index is 235. The molecule has 1 rings (SSSR count). The van der Waals surface area contributed by atoms with Crippen LogP contribution in [0.4, 0.5) is 0 Å². The second-order valence-electron chi connectivity index (χ2n) is 3.71. The second kappa shape index (κ2) is 6.90. The maximum atomic E-state index is 10.7. The summed E-state index contributed by atoms with van der Waals surface area (Å²) in [5, 5.41) is 12.2. The number of thioether (sulfide) groups is 1. The van der Waals surface area contributed by atoms with Gasteiger partial charge in [-0.15, -0.1) is 0 Å². The van der Waals surface area contributed by atoms with E-state index in [-0.39, 0.29) is 0 Å². The van der Waals surface area contributed by atoms with Crippen LogP contribution in [0.3, 0.4) is 0 Å². The Balaban J connectivity index is 2.26. The molecule has 1 saturated heterocycles. The smallest absolute Gasteiger partial charge is 0.331 e. The van der Waals surface area contributed by atoms with Crippen LogP contribution in [0.2, 0.25) is 0 Å². The maximum Gasteiger partial charge on any atom is 0.331 e. The first-order valence-electron chi connectivity index (χ1n) is 5.47. The molecule has 1 fully saturated rings. The van der Waals surface area contributed by atoms with Crippen LogP contribution < -0.4 is 5.32 Å². The highest BCUT2D eigenvalue weighted by molar-refractivity contribution is 7.99. The number of carboxylic acids is 1. The molecule has 1 aliphatic heterocycles. The van der Waals surface area contributed by atoms with E-state index >= 15 is 0 Å². The van der Waals surface area contributed by atoms with Gasteiger partial charge in [-0.05, 0) is 25.0 Å². The summed E-state index contributed by atoms with van der Waals surface area (Å²) < 4.78 is 0. The van der Waals surface area contributed by atoms with E-state index in [1.807, 2.05) is 18.7 Å². The molecular weight excluding hydrogens is 210 g/mol. The van der Waals surface area contributed by atoms with Gasteiger partial charge < -0.3 is 10.4 Å². The first kappa shape index (κ1) is 12.6. The van der Waals surface area contributed by atoms with Gasteiger partial charge in [-0.1, -0.05) is 13.0 Å². The number of hydrogen-bond acceptors (Lipinski definition) is 3. The van der Waals surface area contributed by atoms with Gasteiger partial charge in [0.25, 0.3) is 0 Å². The predicted octanol–water partition coefficient (Wildman–Crippen LogP) is 1.89. The summed E-state index contributed by atoms with van der Waals surface area (Å²) in [6, 6.07) is 0.562. The van der Waals surface area contributed by atoms with E-state index in [0.717, 1.165) is 5.75 Å². The molecule has 0 bridgehead atoms. The summed E-state index contributed by atoms with van der Waals surface area (Å²) >= 11 is 1.97. The van der Waals surface area contributed by atoms with Crippen molar-refractivity contribution in [3.63, 3.8) is 0 Å². The Morgan fingerprint density at radius 1 is 1.67 bits per heavy atom. The zero-order chi connectivity index (χ0) is 11.1. The average molecular weight is 229 g/mol. The number of carboxylic acid groups (broad SMARTS) is 1. The highest BCUT2D eigenvalue weighted by Crippen LogP contribution is 2.16. The molecule has 0 saturated carbocycles. The average Bonchev–Trinajstić information content (AvgIpc) is 2.25. The fourth-order valence-electron chi connectivity index (χ4n) is 1.63. The first-order chi connectivity index (χ1) is 7.24. The van der Waals surface area contributed by atoms with Crippen LogP contribution in [0.15, 0.2) is 11.6 Å². The van der Waals surface area contributed by atoms with E-state index < -0.39 is 5.97 Å². The largest absolute Gasteiger partial charge is 0.478 e. The topological polar surface area (TPSA) is 49.3 Å². The predicted molar refractivity (Wildman–Crippen MR) is 64.4 cm³/mol. The molecule has 0 aromatic carbocycles. The summed E-state index contributed by atoms with van der Waals surface area (Å²) in [7, 11) is 0. The van der Waals surface area contributed by atoms with E-state index in [4.69, 9.17) is 5.11 Å². The van der Waals surface area contributed by atoms with Crippen molar-refractivity contribution in [2.24, 2.45) is 0 Å². The number of aliphatic carboxylic acids is 1. The number of carbonyl (C=O) groups is 1. The van der Waals surface area contributed by atoms with Crippen molar-refractivity contribution in [2.45, 2.75) is 32.2 Å². The molecule has 15 heavy (non-hydrogen) atoms. The van der Waals surface area contributed by atoms with Crippen LogP contribution in [0.25, 0.3) is 0 Å². The zero-order valence-electron chi connectivity index (χ0n) is 9.16. The quantitative estimate of drug-likeness (QED) is 0.707. The summed E-state index contributed by atoms with van der Waals surface area (Å²) in [5.41, 5.74) is 0.506. The molecule has 1 heterocycles. The molecule has 0 radical (unpaired) electrons. The molecule has 0 aromatic rings. The lowest BCUT2D eigenvalue weighted by Crippen LogP contribution is -2.34. The minimum absolute atomic E-state index is 0.506. The molecule has 3 nitrogen and oxygen atoms in total. The number of rotatable bonds is 5. The van der Waals surface area contributed by atoms with Crippen molar-refractivity contribution in [2.75, 3.05) is 18.1 Å². The van der Waals surface area contributed by atoms with E-state index in [0.29, 0.717) is 24.6 Å². The SMILES string of the molecule is CCC(=CCNC1CCCSC1)C(=O)O. The Labute approximate surface area is 95.3 Å². The third-order valence-corrected chi connectivity index (χ3v) is 3.79. The molecule has 1 unspecified atom stereocenters. The van der Waals surface area contributed by atoms with E-state index in [2.05, 4.69) is 5.32 Å². The zero-order valence-corrected chi connectivity index (χ0v) is 9.98.